The molecule has 1 atom stereocenters. The van der Waals surface area contributed by atoms with E-state index in [1.54, 1.807) is 0 Å². The lowest BCUT2D eigenvalue weighted by Crippen LogP contribution is -2.46. The third kappa shape index (κ3) is 4.71. The Bertz CT molecular complexity index is 870. The molecule has 1 heterocycles. The second-order valence-electron chi connectivity index (χ2n) is 6.85. The highest BCUT2D eigenvalue weighted by molar-refractivity contribution is 6.02. The van der Waals surface area contributed by atoms with Gasteiger partial charge in [-0.05, 0) is 33.2 Å². The lowest BCUT2D eigenvalue weighted by molar-refractivity contribution is -0.148. The fourth-order valence-electron chi connectivity index (χ4n) is 4.03. The topological polar surface area (TPSA) is 15.3 Å². The van der Waals surface area contributed by atoms with Gasteiger partial charge in [0.05, 0.1) is 6.42 Å². The van der Waals surface area contributed by atoms with Gasteiger partial charge in [-0.25, -0.2) is 0 Å². The molecule has 0 amide bonds. The molecule has 1 fully saturated rings. The van der Waals surface area contributed by atoms with Gasteiger partial charge < -0.3 is 5.32 Å². The Morgan fingerprint density at radius 3 is 1.86 bits per heavy atom. The van der Waals surface area contributed by atoms with Gasteiger partial charge in [0.15, 0.2) is 0 Å². The molecule has 3 aromatic carbocycles. The van der Waals surface area contributed by atoms with Crippen LogP contribution in [0.2, 0.25) is 0 Å². The maximum Gasteiger partial charge on any atom is 0.390 e. The molecule has 28 heavy (non-hydrogen) atoms. The van der Waals surface area contributed by atoms with E-state index in [4.69, 9.17) is 0 Å². The van der Waals surface area contributed by atoms with E-state index in [1.165, 1.54) is 0 Å². The Morgan fingerprint density at radius 2 is 1.36 bits per heavy atom. The minimum absolute atomic E-state index is 0. The maximum absolute atomic E-state index is 13.5. The molecule has 2 nitrogen and oxygen atoms in total. The van der Waals surface area contributed by atoms with Crippen LogP contribution in [0.3, 0.4) is 0 Å². The zero-order valence-corrected chi connectivity index (χ0v) is 16.8. The zero-order valence-electron chi connectivity index (χ0n) is 15.2. The first-order chi connectivity index (χ1) is 12.5. The number of nitrogens with zero attached hydrogens (tertiary/aromatic N) is 1. The van der Waals surface area contributed by atoms with Gasteiger partial charge in [-0.15, -0.1) is 24.8 Å². The highest BCUT2D eigenvalue weighted by Gasteiger charge is 2.37. The molecule has 1 saturated heterocycles. The van der Waals surface area contributed by atoms with Gasteiger partial charge in [0.2, 0.25) is 0 Å². The number of benzene rings is 3. The molecule has 0 aliphatic carbocycles. The number of fused-ring (bicyclic) bond motifs is 2. The largest absolute Gasteiger partial charge is 0.390 e. The van der Waals surface area contributed by atoms with Crippen LogP contribution in [0.4, 0.5) is 13.2 Å². The Hall–Kier alpha value is -1.53. The van der Waals surface area contributed by atoms with E-state index < -0.39 is 18.6 Å². The van der Waals surface area contributed by atoms with E-state index in [2.05, 4.69) is 11.4 Å². The van der Waals surface area contributed by atoms with Gasteiger partial charge in [0.1, 0.15) is 0 Å². The molecule has 0 saturated carbocycles. The summed E-state index contributed by atoms with van der Waals surface area (Å²) in [5.41, 5.74) is 0.804. The molecule has 0 aromatic heterocycles. The van der Waals surface area contributed by atoms with Crippen molar-refractivity contribution in [3.63, 3.8) is 0 Å². The predicted molar refractivity (Wildman–Crippen MR) is 114 cm³/mol. The average Bonchev–Trinajstić information content (AvgIpc) is 2.64. The monoisotopic (exact) mass is 430 g/mol. The van der Waals surface area contributed by atoms with Crippen LogP contribution in [0.15, 0.2) is 54.6 Å². The summed E-state index contributed by atoms with van der Waals surface area (Å²) in [5.74, 6) is 0. The van der Waals surface area contributed by atoms with Gasteiger partial charge in [-0.2, -0.15) is 13.2 Å². The molecule has 1 aliphatic heterocycles. The quantitative estimate of drug-likeness (QED) is 0.533. The molecular weight excluding hydrogens is 408 g/mol. The van der Waals surface area contributed by atoms with Crippen LogP contribution in [-0.2, 0) is 0 Å². The summed E-state index contributed by atoms with van der Waals surface area (Å²) in [6.45, 7) is 2.69. The number of nitrogens with one attached hydrogen (secondary N) is 1. The van der Waals surface area contributed by atoms with Gasteiger partial charge in [0, 0.05) is 32.2 Å². The molecule has 1 aliphatic rings. The van der Waals surface area contributed by atoms with Crippen LogP contribution in [0.25, 0.3) is 21.5 Å². The summed E-state index contributed by atoms with van der Waals surface area (Å²) in [6.07, 6.45) is -5.04. The summed E-state index contributed by atoms with van der Waals surface area (Å²) >= 11 is 0. The van der Waals surface area contributed by atoms with E-state index in [0.717, 1.165) is 40.2 Å². The zero-order chi connectivity index (χ0) is 18.1. The van der Waals surface area contributed by atoms with E-state index >= 15 is 0 Å². The Labute approximate surface area is 174 Å². The van der Waals surface area contributed by atoms with Crippen LogP contribution >= 0.6 is 24.8 Å². The van der Waals surface area contributed by atoms with Crippen molar-refractivity contribution in [1.29, 1.82) is 0 Å². The Balaban J connectivity index is 0.00000140. The first kappa shape index (κ1) is 22.8. The van der Waals surface area contributed by atoms with Crippen molar-refractivity contribution in [3.05, 3.63) is 60.2 Å². The second-order valence-corrected chi connectivity index (χ2v) is 6.85. The molecule has 0 bridgehead atoms. The van der Waals surface area contributed by atoms with Crippen LogP contribution in [0.5, 0.6) is 0 Å². The number of piperazine rings is 1. The Morgan fingerprint density at radius 1 is 0.857 bits per heavy atom. The predicted octanol–water partition coefficient (Wildman–Crippen LogP) is 5.74. The SMILES string of the molecule is Cl.Cl.FC(F)(F)C[C@@H](c1c2ccccc2cc2ccccc12)N1CCNCC1. The first-order valence-electron chi connectivity index (χ1n) is 8.95. The van der Waals surface area contributed by atoms with Crippen LogP contribution < -0.4 is 5.32 Å². The van der Waals surface area contributed by atoms with Gasteiger partial charge >= 0.3 is 6.18 Å². The molecule has 4 rings (SSSR count). The summed E-state index contributed by atoms with van der Waals surface area (Å²) in [4.78, 5) is 1.98. The normalized spacial score (nSPS) is 16.4. The first-order valence-corrected chi connectivity index (χ1v) is 8.95. The number of hydrogen-bond acceptors (Lipinski definition) is 2. The van der Waals surface area contributed by atoms with Crippen molar-refractivity contribution < 1.29 is 13.2 Å². The summed E-state index contributed by atoms with van der Waals surface area (Å²) < 4.78 is 40.5. The number of alkyl halides is 3. The highest BCUT2D eigenvalue weighted by atomic mass is 35.5. The number of hydrogen-bond donors (Lipinski definition) is 1. The lowest BCUT2D eigenvalue weighted by Gasteiger charge is -2.36. The smallest absolute Gasteiger partial charge is 0.314 e. The molecule has 0 unspecified atom stereocenters. The molecule has 7 heteroatoms. The van der Waals surface area contributed by atoms with Crippen molar-refractivity contribution >= 4 is 46.4 Å². The van der Waals surface area contributed by atoms with Crippen molar-refractivity contribution in [3.8, 4) is 0 Å². The average molecular weight is 431 g/mol. The van der Waals surface area contributed by atoms with Crippen molar-refractivity contribution in [2.45, 2.75) is 18.6 Å². The summed E-state index contributed by atoms with van der Waals surface area (Å²) in [6, 6.07) is 16.9. The highest BCUT2D eigenvalue weighted by Crippen LogP contribution is 2.41. The van der Waals surface area contributed by atoms with Gasteiger partial charge in [-0.3, -0.25) is 4.90 Å². The van der Waals surface area contributed by atoms with E-state index in [-0.39, 0.29) is 24.8 Å². The van der Waals surface area contributed by atoms with E-state index in [1.807, 2.05) is 53.4 Å². The van der Waals surface area contributed by atoms with Crippen molar-refractivity contribution in [1.82, 2.24) is 10.2 Å². The van der Waals surface area contributed by atoms with Gasteiger partial charge in [-0.1, -0.05) is 48.5 Å². The van der Waals surface area contributed by atoms with Crippen LogP contribution in [0.1, 0.15) is 18.0 Å². The van der Waals surface area contributed by atoms with Crippen LogP contribution in [-0.4, -0.2) is 37.3 Å². The Kier molecular flexibility index (Phi) is 7.57. The molecule has 1 N–H and O–H groups in total. The van der Waals surface area contributed by atoms with Gasteiger partial charge in [0.25, 0.3) is 0 Å². The summed E-state index contributed by atoms with van der Waals surface area (Å²) in [7, 11) is 0. The van der Waals surface area contributed by atoms with Crippen LogP contribution in [0, 0.1) is 0 Å². The van der Waals surface area contributed by atoms with E-state index in [0.29, 0.717) is 13.1 Å². The standard InChI is InChI=1S/C21H21F3N2.2ClH/c22-21(23,24)14-19(26-11-9-25-10-12-26)20-17-7-3-1-5-15(17)13-16-6-2-4-8-18(16)20;;/h1-8,13,19,25H,9-12,14H2;2*1H/t19-;;/m0../s1. The fourth-order valence-corrected chi connectivity index (χ4v) is 4.03. The molecular formula is C21H23Cl2F3N2. The van der Waals surface area contributed by atoms with Crippen molar-refractivity contribution in [2.75, 3.05) is 26.2 Å². The molecule has 0 spiro atoms. The molecule has 0 radical (unpaired) electrons. The third-order valence-corrected chi connectivity index (χ3v) is 5.16. The third-order valence-electron chi connectivity index (χ3n) is 5.16. The van der Waals surface area contributed by atoms with Crippen molar-refractivity contribution in [2.24, 2.45) is 0 Å². The number of halogens is 5. The lowest BCUT2D eigenvalue weighted by atomic mass is 9.89. The maximum atomic E-state index is 13.5. The molecule has 3 aromatic rings. The second kappa shape index (κ2) is 9.31. The van der Waals surface area contributed by atoms with E-state index in [9.17, 15) is 13.2 Å². The fraction of sp³-hybridized carbons (Fsp3) is 0.333. The minimum Gasteiger partial charge on any atom is -0.314 e. The minimum atomic E-state index is -4.21. The number of rotatable bonds is 3. The summed E-state index contributed by atoms with van der Waals surface area (Å²) in [5, 5.41) is 7.05. The molecule has 152 valence electrons.